The Morgan fingerprint density at radius 2 is 1.45 bits per heavy atom. The Morgan fingerprint density at radius 3 is 2.14 bits per heavy atom. The van der Waals surface area contributed by atoms with E-state index in [1.54, 1.807) is 0 Å². The van der Waals surface area contributed by atoms with E-state index in [2.05, 4.69) is 98.8 Å². The molecule has 0 N–H and O–H groups in total. The average molecular weight is 496 g/mol. The Labute approximate surface area is 184 Å². The van der Waals surface area contributed by atoms with E-state index in [-0.39, 0.29) is 18.3 Å². The Kier molecular flexibility index (Phi) is 4.35. The highest BCUT2D eigenvalue weighted by molar-refractivity contribution is 14.1. The van der Waals surface area contributed by atoms with Gasteiger partial charge in [0.15, 0.2) is 0 Å². The van der Waals surface area contributed by atoms with Crippen molar-refractivity contribution in [2.75, 3.05) is 0 Å². The summed E-state index contributed by atoms with van der Waals surface area (Å²) in [6.07, 6.45) is 0. The second-order valence-corrected chi connectivity index (χ2v) is 9.77. The molecule has 5 rings (SSSR count). The van der Waals surface area contributed by atoms with Crippen molar-refractivity contribution in [1.82, 2.24) is 0 Å². The van der Waals surface area contributed by atoms with Gasteiger partial charge in [-0.2, -0.15) is 0 Å². The van der Waals surface area contributed by atoms with Crippen molar-refractivity contribution in [1.29, 1.82) is 0 Å². The second-order valence-electron chi connectivity index (χ2n) is 8.61. The van der Waals surface area contributed by atoms with E-state index in [4.69, 9.17) is 13.7 Å². The summed E-state index contributed by atoms with van der Waals surface area (Å²) in [6, 6.07) is 20.9. The van der Waals surface area contributed by atoms with Crippen molar-refractivity contribution in [3.63, 3.8) is 0 Å². The first-order valence-electron chi connectivity index (χ1n) is 9.82. The third-order valence-corrected chi connectivity index (χ3v) is 7.12. The van der Waals surface area contributed by atoms with Crippen LogP contribution in [0.2, 0.25) is 0 Å². The summed E-state index contributed by atoms with van der Waals surface area (Å²) in [5.41, 5.74) is 4.41. The molecular weight excluding hydrogens is 474 g/mol. The van der Waals surface area contributed by atoms with E-state index in [0.29, 0.717) is 0 Å². The molecule has 2 heterocycles. The summed E-state index contributed by atoms with van der Waals surface area (Å²) in [7, 11) is -0.350. The molecule has 3 nitrogen and oxygen atoms in total. The molecule has 0 amide bonds. The molecule has 29 heavy (non-hydrogen) atoms. The van der Waals surface area contributed by atoms with Gasteiger partial charge in [-0.25, -0.2) is 0 Å². The van der Waals surface area contributed by atoms with Crippen molar-refractivity contribution < 1.29 is 13.7 Å². The maximum atomic E-state index is 6.25. The zero-order valence-corrected chi connectivity index (χ0v) is 19.1. The Bertz CT molecular complexity index is 1210. The summed E-state index contributed by atoms with van der Waals surface area (Å²) in [6.45, 7) is 8.30. The first-order chi connectivity index (χ1) is 13.8. The Balaban J connectivity index is 1.56. The number of halogens is 1. The molecule has 3 aromatic carbocycles. The number of hydrogen-bond acceptors (Lipinski definition) is 3. The van der Waals surface area contributed by atoms with Gasteiger partial charge in [-0.3, -0.25) is 0 Å². The smallest absolute Gasteiger partial charge is 0.455 e. The molecule has 0 atom stereocenters. The van der Waals surface area contributed by atoms with E-state index in [9.17, 15) is 0 Å². The van der Waals surface area contributed by atoms with Gasteiger partial charge in [0.05, 0.1) is 11.2 Å². The molecule has 0 spiro atoms. The van der Waals surface area contributed by atoms with Gasteiger partial charge in [-0.05, 0) is 79.5 Å². The summed E-state index contributed by atoms with van der Waals surface area (Å²) < 4.78 is 19.8. The summed E-state index contributed by atoms with van der Waals surface area (Å²) in [5, 5.41) is 2.33. The minimum Gasteiger partial charge on any atom is -0.455 e. The van der Waals surface area contributed by atoms with Crippen LogP contribution in [0.25, 0.3) is 33.1 Å². The predicted octanol–water partition coefficient (Wildman–Crippen LogP) is 6.16. The van der Waals surface area contributed by atoms with Crippen LogP contribution in [0.15, 0.2) is 65.1 Å². The molecule has 1 aromatic heterocycles. The van der Waals surface area contributed by atoms with Crippen molar-refractivity contribution >= 4 is 57.1 Å². The van der Waals surface area contributed by atoms with E-state index < -0.39 is 0 Å². The minimum absolute atomic E-state index is 0.340. The number of hydrogen-bond donors (Lipinski definition) is 0. The lowest BCUT2D eigenvalue weighted by atomic mass is 9.78. The molecule has 1 saturated heterocycles. The van der Waals surface area contributed by atoms with Gasteiger partial charge < -0.3 is 13.7 Å². The standard InChI is InChI=1S/C24H22BIO3/c1-23(2)24(3,4)29-25(28-23)16-11-9-15(10-12-16)17-13-14-19(26)21-18-7-5-6-8-20(18)27-22(17)21/h5-14H,1-4H3. The molecule has 0 saturated carbocycles. The lowest BCUT2D eigenvalue weighted by Gasteiger charge is -2.32. The number of furan rings is 1. The zero-order chi connectivity index (χ0) is 20.4. The molecule has 146 valence electrons. The molecule has 0 aliphatic carbocycles. The molecular formula is C24H22BIO3. The summed E-state index contributed by atoms with van der Waals surface area (Å²) in [4.78, 5) is 0. The Morgan fingerprint density at radius 1 is 0.793 bits per heavy atom. The summed E-state index contributed by atoms with van der Waals surface area (Å²) in [5.74, 6) is 0. The van der Waals surface area contributed by atoms with Gasteiger partial charge in [0.1, 0.15) is 11.2 Å². The molecule has 4 aromatic rings. The van der Waals surface area contributed by atoms with Crippen LogP contribution in [0.3, 0.4) is 0 Å². The van der Waals surface area contributed by atoms with Crippen molar-refractivity contribution in [2.24, 2.45) is 0 Å². The van der Waals surface area contributed by atoms with Crippen LogP contribution < -0.4 is 5.46 Å². The van der Waals surface area contributed by atoms with Crippen LogP contribution in [0, 0.1) is 3.57 Å². The van der Waals surface area contributed by atoms with Crippen molar-refractivity contribution in [3.05, 3.63) is 64.2 Å². The third-order valence-electron chi connectivity index (χ3n) is 6.22. The molecule has 0 unspecified atom stereocenters. The molecule has 0 bridgehead atoms. The van der Waals surface area contributed by atoms with E-state index >= 15 is 0 Å². The highest BCUT2D eigenvalue weighted by Gasteiger charge is 2.51. The van der Waals surface area contributed by atoms with Crippen LogP contribution in [0.4, 0.5) is 0 Å². The fourth-order valence-electron chi connectivity index (χ4n) is 3.81. The second kappa shape index (κ2) is 6.59. The lowest BCUT2D eigenvalue weighted by molar-refractivity contribution is 0.00578. The number of fused-ring (bicyclic) bond motifs is 3. The number of rotatable bonds is 2. The van der Waals surface area contributed by atoms with Gasteiger partial charge >= 0.3 is 7.12 Å². The first kappa shape index (κ1) is 19.2. The predicted molar refractivity (Wildman–Crippen MR) is 128 cm³/mol. The van der Waals surface area contributed by atoms with Crippen LogP contribution in [0.5, 0.6) is 0 Å². The number of para-hydroxylation sites is 1. The van der Waals surface area contributed by atoms with Gasteiger partial charge in [-0.15, -0.1) is 0 Å². The highest BCUT2D eigenvalue weighted by Crippen LogP contribution is 2.39. The summed E-state index contributed by atoms with van der Waals surface area (Å²) >= 11 is 2.38. The number of benzene rings is 3. The maximum Gasteiger partial charge on any atom is 0.494 e. The van der Waals surface area contributed by atoms with Crippen LogP contribution in [-0.2, 0) is 9.31 Å². The third kappa shape index (κ3) is 3.02. The van der Waals surface area contributed by atoms with Crippen molar-refractivity contribution in [2.45, 2.75) is 38.9 Å². The van der Waals surface area contributed by atoms with Gasteiger partial charge in [0, 0.05) is 19.9 Å². The first-order valence-corrected chi connectivity index (χ1v) is 10.9. The Hall–Kier alpha value is -1.83. The molecule has 1 fully saturated rings. The normalized spacial score (nSPS) is 18.0. The largest absolute Gasteiger partial charge is 0.494 e. The maximum absolute atomic E-state index is 6.25. The fraction of sp³-hybridized carbons (Fsp3) is 0.250. The van der Waals surface area contributed by atoms with Crippen LogP contribution in [-0.4, -0.2) is 18.3 Å². The minimum atomic E-state index is -0.350. The molecule has 0 radical (unpaired) electrons. The molecule has 1 aliphatic heterocycles. The molecule has 1 aliphatic rings. The van der Waals surface area contributed by atoms with Gasteiger partial charge in [0.2, 0.25) is 0 Å². The zero-order valence-electron chi connectivity index (χ0n) is 17.0. The van der Waals surface area contributed by atoms with E-state index in [1.807, 2.05) is 12.1 Å². The topological polar surface area (TPSA) is 31.6 Å². The van der Waals surface area contributed by atoms with Crippen LogP contribution in [0.1, 0.15) is 27.7 Å². The SMILES string of the molecule is CC1(C)OB(c2ccc(-c3ccc(I)c4c3oc3ccccc34)cc2)OC1(C)C. The van der Waals surface area contributed by atoms with Gasteiger partial charge in [-0.1, -0.05) is 42.5 Å². The van der Waals surface area contributed by atoms with Crippen LogP contribution >= 0.6 is 22.6 Å². The average Bonchev–Trinajstić information content (AvgIpc) is 3.17. The van der Waals surface area contributed by atoms with Gasteiger partial charge in [0.25, 0.3) is 0 Å². The lowest BCUT2D eigenvalue weighted by Crippen LogP contribution is -2.41. The van der Waals surface area contributed by atoms with E-state index in [0.717, 1.165) is 33.1 Å². The van der Waals surface area contributed by atoms with E-state index in [1.165, 1.54) is 8.96 Å². The monoisotopic (exact) mass is 496 g/mol. The highest BCUT2D eigenvalue weighted by atomic mass is 127. The molecule has 5 heteroatoms. The quantitative estimate of drug-likeness (QED) is 0.246. The fourth-order valence-corrected chi connectivity index (χ4v) is 4.53. The van der Waals surface area contributed by atoms with Crippen molar-refractivity contribution in [3.8, 4) is 11.1 Å².